The summed E-state index contributed by atoms with van der Waals surface area (Å²) in [5.41, 5.74) is 9.04. The minimum atomic E-state index is -0.644. The van der Waals surface area contributed by atoms with Gasteiger partial charge in [-0.3, -0.25) is 0 Å². The van der Waals surface area contributed by atoms with Crippen molar-refractivity contribution in [1.82, 2.24) is 0 Å². The minimum Gasteiger partial charge on any atom is -0.494 e. The van der Waals surface area contributed by atoms with Crippen LogP contribution < -0.4 is 10.5 Å². The maximum absolute atomic E-state index is 10.3. The predicted octanol–water partition coefficient (Wildman–Crippen LogP) is 3.06. The van der Waals surface area contributed by atoms with E-state index in [1.54, 1.807) is 12.1 Å². The summed E-state index contributed by atoms with van der Waals surface area (Å²) in [5, 5.41) is 10.3. The molecule has 0 saturated heterocycles. The van der Waals surface area contributed by atoms with E-state index in [1.807, 2.05) is 44.2 Å². The summed E-state index contributed by atoms with van der Waals surface area (Å²) in [7, 11) is 0. The summed E-state index contributed by atoms with van der Waals surface area (Å²) in [6, 6.07) is 13.0. The van der Waals surface area contributed by atoms with Crippen molar-refractivity contribution in [3.05, 3.63) is 59.2 Å². The molecule has 0 amide bonds. The largest absolute Gasteiger partial charge is 0.494 e. The molecule has 0 saturated carbocycles. The van der Waals surface area contributed by atoms with Gasteiger partial charge in [-0.2, -0.15) is 0 Å². The van der Waals surface area contributed by atoms with E-state index < -0.39 is 6.10 Å². The third-order valence-electron chi connectivity index (χ3n) is 3.07. The molecule has 0 aromatic heterocycles. The lowest BCUT2D eigenvalue weighted by Crippen LogP contribution is -2.01. The second-order valence-electron chi connectivity index (χ2n) is 4.53. The molecule has 1 atom stereocenters. The summed E-state index contributed by atoms with van der Waals surface area (Å²) >= 11 is 0. The number of aliphatic hydroxyl groups is 1. The maximum atomic E-state index is 10.3. The molecule has 0 aliphatic heterocycles. The van der Waals surface area contributed by atoms with Gasteiger partial charge in [0.2, 0.25) is 0 Å². The van der Waals surface area contributed by atoms with Crippen LogP contribution in [0.15, 0.2) is 42.5 Å². The van der Waals surface area contributed by atoms with Crippen LogP contribution in [0.25, 0.3) is 0 Å². The van der Waals surface area contributed by atoms with Crippen LogP contribution in [0.1, 0.15) is 29.7 Å². The average molecular weight is 257 g/mol. The molecule has 0 aliphatic carbocycles. The standard InChI is InChI=1S/C16H19NO2/c1-3-19-15-9-6-13(10-11(15)2)16(18)12-4-7-14(17)8-5-12/h4-10,16,18H,3,17H2,1-2H3. The summed E-state index contributed by atoms with van der Waals surface area (Å²) in [6.45, 7) is 4.57. The number of hydrogen-bond donors (Lipinski definition) is 2. The van der Waals surface area contributed by atoms with Gasteiger partial charge in [-0.1, -0.05) is 18.2 Å². The van der Waals surface area contributed by atoms with Crippen molar-refractivity contribution >= 4 is 5.69 Å². The molecule has 2 aromatic carbocycles. The Kier molecular flexibility index (Phi) is 4.07. The van der Waals surface area contributed by atoms with E-state index in [0.717, 1.165) is 22.4 Å². The molecule has 19 heavy (non-hydrogen) atoms. The Balaban J connectivity index is 2.26. The Morgan fingerprint density at radius 2 is 1.74 bits per heavy atom. The van der Waals surface area contributed by atoms with Crippen molar-refractivity contribution in [2.24, 2.45) is 0 Å². The van der Waals surface area contributed by atoms with Crippen molar-refractivity contribution in [1.29, 1.82) is 0 Å². The van der Waals surface area contributed by atoms with Gasteiger partial charge in [-0.15, -0.1) is 0 Å². The number of nitrogen functional groups attached to an aromatic ring is 1. The third-order valence-corrected chi connectivity index (χ3v) is 3.07. The zero-order valence-corrected chi connectivity index (χ0v) is 11.3. The molecule has 2 aromatic rings. The van der Waals surface area contributed by atoms with Crippen LogP contribution in [-0.2, 0) is 0 Å². The van der Waals surface area contributed by atoms with Gasteiger partial charge < -0.3 is 15.6 Å². The molecule has 100 valence electrons. The molecule has 0 heterocycles. The van der Waals surface area contributed by atoms with Crippen LogP contribution in [-0.4, -0.2) is 11.7 Å². The van der Waals surface area contributed by atoms with Gasteiger partial charge in [0.05, 0.1) is 6.61 Å². The highest BCUT2D eigenvalue weighted by Crippen LogP contribution is 2.27. The van der Waals surface area contributed by atoms with Crippen molar-refractivity contribution in [3.63, 3.8) is 0 Å². The fourth-order valence-electron chi connectivity index (χ4n) is 2.03. The Hall–Kier alpha value is -2.00. The SMILES string of the molecule is CCOc1ccc(C(O)c2ccc(N)cc2)cc1C. The number of aliphatic hydroxyl groups excluding tert-OH is 1. The molecular formula is C16H19NO2. The molecule has 0 bridgehead atoms. The molecule has 3 heteroatoms. The van der Waals surface area contributed by atoms with Gasteiger partial charge in [0.25, 0.3) is 0 Å². The fourth-order valence-corrected chi connectivity index (χ4v) is 2.03. The van der Waals surface area contributed by atoms with E-state index in [4.69, 9.17) is 10.5 Å². The summed E-state index contributed by atoms with van der Waals surface area (Å²) < 4.78 is 5.49. The van der Waals surface area contributed by atoms with Gasteiger partial charge in [0.15, 0.2) is 0 Å². The van der Waals surface area contributed by atoms with Crippen LogP contribution in [0.4, 0.5) is 5.69 Å². The number of aryl methyl sites for hydroxylation is 1. The quantitative estimate of drug-likeness (QED) is 0.828. The molecular weight excluding hydrogens is 238 g/mol. The van der Waals surface area contributed by atoms with Crippen LogP contribution in [0.2, 0.25) is 0 Å². The molecule has 3 N–H and O–H groups in total. The van der Waals surface area contributed by atoms with E-state index in [1.165, 1.54) is 0 Å². The summed E-state index contributed by atoms with van der Waals surface area (Å²) in [6.07, 6.45) is -0.644. The molecule has 0 fully saturated rings. The monoisotopic (exact) mass is 257 g/mol. The molecule has 0 spiro atoms. The highest BCUT2D eigenvalue weighted by atomic mass is 16.5. The van der Waals surface area contributed by atoms with Gasteiger partial charge in [0.1, 0.15) is 11.9 Å². The Morgan fingerprint density at radius 3 is 2.32 bits per heavy atom. The molecule has 3 nitrogen and oxygen atoms in total. The minimum absolute atomic E-state index is 0.640. The smallest absolute Gasteiger partial charge is 0.122 e. The lowest BCUT2D eigenvalue weighted by molar-refractivity contribution is 0.220. The van der Waals surface area contributed by atoms with E-state index in [0.29, 0.717) is 12.3 Å². The fraction of sp³-hybridized carbons (Fsp3) is 0.250. The number of nitrogens with two attached hydrogens (primary N) is 1. The van der Waals surface area contributed by atoms with Crippen molar-refractivity contribution < 1.29 is 9.84 Å². The van der Waals surface area contributed by atoms with E-state index in [-0.39, 0.29) is 0 Å². The van der Waals surface area contributed by atoms with Crippen LogP contribution >= 0.6 is 0 Å². The van der Waals surface area contributed by atoms with Gasteiger partial charge in [-0.25, -0.2) is 0 Å². The first-order valence-electron chi connectivity index (χ1n) is 6.38. The normalized spacial score (nSPS) is 12.2. The first-order chi connectivity index (χ1) is 9.11. The summed E-state index contributed by atoms with van der Waals surface area (Å²) in [5.74, 6) is 0.857. The van der Waals surface area contributed by atoms with Crippen LogP contribution in [0, 0.1) is 6.92 Å². The second kappa shape index (κ2) is 5.76. The number of benzene rings is 2. The highest BCUT2D eigenvalue weighted by molar-refractivity contribution is 5.43. The highest BCUT2D eigenvalue weighted by Gasteiger charge is 2.11. The lowest BCUT2D eigenvalue weighted by Gasteiger charge is -2.14. The number of ether oxygens (including phenoxy) is 1. The Morgan fingerprint density at radius 1 is 1.11 bits per heavy atom. The van der Waals surface area contributed by atoms with E-state index in [9.17, 15) is 5.11 Å². The summed E-state index contributed by atoms with van der Waals surface area (Å²) in [4.78, 5) is 0. The molecule has 0 radical (unpaired) electrons. The van der Waals surface area contributed by atoms with Crippen molar-refractivity contribution in [2.45, 2.75) is 20.0 Å². The number of rotatable bonds is 4. The molecule has 2 rings (SSSR count). The topological polar surface area (TPSA) is 55.5 Å². The van der Waals surface area contributed by atoms with Crippen molar-refractivity contribution in [2.75, 3.05) is 12.3 Å². The molecule has 1 unspecified atom stereocenters. The second-order valence-corrected chi connectivity index (χ2v) is 4.53. The maximum Gasteiger partial charge on any atom is 0.122 e. The zero-order valence-electron chi connectivity index (χ0n) is 11.3. The van der Waals surface area contributed by atoms with Crippen LogP contribution in [0.5, 0.6) is 5.75 Å². The third kappa shape index (κ3) is 3.06. The van der Waals surface area contributed by atoms with Crippen molar-refractivity contribution in [3.8, 4) is 5.75 Å². The number of anilines is 1. The first kappa shape index (κ1) is 13.4. The molecule has 0 aliphatic rings. The van der Waals surface area contributed by atoms with E-state index >= 15 is 0 Å². The average Bonchev–Trinajstić information content (AvgIpc) is 2.41. The predicted molar refractivity (Wildman–Crippen MR) is 77.3 cm³/mol. The Labute approximate surface area is 113 Å². The first-order valence-corrected chi connectivity index (χ1v) is 6.38. The lowest BCUT2D eigenvalue weighted by atomic mass is 9.99. The van der Waals surface area contributed by atoms with Gasteiger partial charge in [-0.05, 0) is 54.8 Å². The number of hydrogen-bond acceptors (Lipinski definition) is 3. The Bertz CT molecular complexity index is 549. The van der Waals surface area contributed by atoms with E-state index in [2.05, 4.69) is 0 Å². The zero-order chi connectivity index (χ0) is 13.8. The van der Waals surface area contributed by atoms with Crippen LogP contribution in [0.3, 0.4) is 0 Å². The van der Waals surface area contributed by atoms with Gasteiger partial charge in [0, 0.05) is 5.69 Å². The van der Waals surface area contributed by atoms with Gasteiger partial charge >= 0.3 is 0 Å².